The fraction of sp³-hybridized carbons (Fsp3) is 0.308. The minimum absolute atomic E-state index is 0.665. The minimum atomic E-state index is 0.665. The van der Waals surface area contributed by atoms with Crippen LogP contribution in [0.2, 0.25) is 0 Å². The zero-order chi connectivity index (χ0) is 12.4. The van der Waals surface area contributed by atoms with Gasteiger partial charge in [-0.25, -0.2) is 0 Å². The molecule has 0 unspecified atom stereocenters. The summed E-state index contributed by atoms with van der Waals surface area (Å²) in [5.74, 6) is 1.34. The van der Waals surface area contributed by atoms with Crippen molar-refractivity contribution in [2.75, 3.05) is 14.2 Å². The third-order valence-corrected chi connectivity index (χ3v) is 2.88. The number of rotatable bonds is 4. The quantitative estimate of drug-likeness (QED) is 0.762. The van der Waals surface area contributed by atoms with Crippen LogP contribution in [0.3, 0.4) is 0 Å². The summed E-state index contributed by atoms with van der Waals surface area (Å²) in [5, 5.41) is 0.978. The highest BCUT2D eigenvalue weighted by atomic mass is 16.5. The minimum Gasteiger partial charge on any atom is -0.493 e. The van der Waals surface area contributed by atoms with Crippen LogP contribution in [0.1, 0.15) is 17.4 Å². The molecule has 0 bridgehead atoms. The van der Waals surface area contributed by atoms with Crippen LogP contribution < -0.4 is 9.47 Å². The number of carbonyl (C=O) groups is 1. The Morgan fingerprint density at radius 1 is 1.18 bits per heavy atom. The third kappa shape index (κ3) is 1.75. The maximum atomic E-state index is 11.0. The highest BCUT2D eigenvalue weighted by molar-refractivity contribution is 5.91. The van der Waals surface area contributed by atoms with Crippen molar-refractivity contribution in [1.29, 1.82) is 0 Å². The SMILES string of the molecule is CCn1c(C=O)cc2cc(OC)c(OC)cc21. The van der Waals surface area contributed by atoms with Gasteiger partial charge in [-0.1, -0.05) is 0 Å². The number of methoxy groups -OCH3 is 2. The Bertz CT molecular complexity index is 557. The van der Waals surface area contributed by atoms with Gasteiger partial charge in [0.25, 0.3) is 0 Å². The molecule has 1 heterocycles. The Morgan fingerprint density at radius 3 is 2.35 bits per heavy atom. The molecule has 0 atom stereocenters. The second-order valence-corrected chi connectivity index (χ2v) is 3.70. The second kappa shape index (κ2) is 4.49. The number of fused-ring (bicyclic) bond motifs is 1. The molecule has 90 valence electrons. The highest BCUT2D eigenvalue weighted by Crippen LogP contribution is 2.33. The Balaban J connectivity index is 2.75. The number of carbonyl (C=O) groups excluding carboxylic acids is 1. The Hall–Kier alpha value is -1.97. The average Bonchev–Trinajstić information content (AvgIpc) is 2.73. The van der Waals surface area contributed by atoms with Crippen LogP contribution in [-0.2, 0) is 6.54 Å². The molecule has 2 rings (SSSR count). The molecule has 0 radical (unpaired) electrons. The van der Waals surface area contributed by atoms with Gasteiger partial charge in [-0.3, -0.25) is 4.79 Å². The van der Waals surface area contributed by atoms with Crippen molar-refractivity contribution in [2.45, 2.75) is 13.5 Å². The van der Waals surface area contributed by atoms with E-state index in [1.165, 1.54) is 0 Å². The number of aromatic nitrogens is 1. The smallest absolute Gasteiger partial charge is 0.166 e. The van der Waals surface area contributed by atoms with Gasteiger partial charge >= 0.3 is 0 Å². The van der Waals surface area contributed by atoms with Crippen LogP contribution in [0, 0.1) is 0 Å². The first-order valence-corrected chi connectivity index (χ1v) is 5.45. The molecule has 1 aromatic carbocycles. The summed E-state index contributed by atoms with van der Waals surface area (Å²) in [4.78, 5) is 11.0. The molecule has 0 N–H and O–H groups in total. The van der Waals surface area contributed by atoms with E-state index in [1.54, 1.807) is 14.2 Å². The summed E-state index contributed by atoms with van der Waals surface area (Å²) in [5.41, 5.74) is 1.64. The first-order chi connectivity index (χ1) is 8.24. The number of aldehydes is 1. The molecule has 0 amide bonds. The van der Waals surface area contributed by atoms with Gasteiger partial charge in [-0.15, -0.1) is 0 Å². The number of benzene rings is 1. The molecule has 4 nitrogen and oxygen atoms in total. The van der Waals surface area contributed by atoms with Crippen LogP contribution in [-0.4, -0.2) is 25.1 Å². The molecule has 0 spiro atoms. The van der Waals surface area contributed by atoms with Crippen molar-refractivity contribution >= 4 is 17.2 Å². The van der Waals surface area contributed by atoms with Crippen molar-refractivity contribution < 1.29 is 14.3 Å². The van der Waals surface area contributed by atoms with Gasteiger partial charge in [-0.2, -0.15) is 0 Å². The summed E-state index contributed by atoms with van der Waals surface area (Å²) < 4.78 is 12.4. The molecule has 4 heteroatoms. The van der Waals surface area contributed by atoms with Crippen LogP contribution >= 0.6 is 0 Å². The lowest BCUT2D eigenvalue weighted by molar-refractivity contribution is 0.111. The van der Waals surface area contributed by atoms with Crippen LogP contribution in [0.4, 0.5) is 0 Å². The third-order valence-electron chi connectivity index (χ3n) is 2.88. The van der Waals surface area contributed by atoms with Crippen molar-refractivity contribution in [1.82, 2.24) is 4.57 Å². The number of nitrogens with zero attached hydrogens (tertiary/aromatic N) is 1. The highest BCUT2D eigenvalue weighted by Gasteiger charge is 2.12. The van der Waals surface area contributed by atoms with Crippen LogP contribution in [0.5, 0.6) is 11.5 Å². The Morgan fingerprint density at radius 2 is 1.82 bits per heavy atom. The molecule has 0 saturated heterocycles. The number of hydrogen-bond acceptors (Lipinski definition) is 3. The maximum absolute atomic E-state index is 11.0. The van der Waals surface area contributed by atoms with E-state index in [-0.39, 0.29) is 0 Å². The fourth-order valence-electron chi connectivity index (χ4n) is 2.06. The predicted octanol–water partition coefficient (Wildman–Crippen LogP) is 2.49. The molecule has 0 aliphatic rings. The Labute approximate surface area is 99.7 Å². The Kier molecular flexibility index (Phi) is 3.04. The molecule has 1 aromatic heterocycles. The summed E-state index contributed by atoms with van der Waals surface area (Å²) in [7, 11) is 3.20. The summed E-state index contributed by atoms with van der Waals surface area (Å²) in [6, 6.07) is 5.63. The lowest BCUT2D eigenvalue weighted by Gasteiger charge is -2.09. The average molecular weight is 233 g/mol. The molecule has 2 aromatic rings. The van der Waals surface area contributed by atoms with Crippen molar-refractivity contribution in [2.24, 2.45) is 0 Å². The van der Waals surface area contributed by atoms with Gasteiger partial charge in [0.05, 0.1) is 25.4 Å². The molecular weight excluding hydrogens is 218 g/mol. The van der Waals surface area contributed by atoms with E-state index in [9.17, 15) is 4.79 Å². The monoisotopic (exact) mass is 233 g/mol. The van der Waals surface area contributed by atoms with Gasteiger partial charge in [0, 0.05) is 18.0 Å². The van der Waals surface area contributed by atoms with E-state index in [1.807, 2.05) is 29.7 Å². The van der Waals surface area contributed by atoms with E-state index in [0.717, 1.165) is 23.7 Å². The topological polar surface area (TPSA) is 40.5 Å². The lowest BCUT2D eigenvalue weighted by atomic mass is 10.2. The first kappa shape index (κ1) is 11.5. The fourth-order valence-corrected chi connectivity index (χ4v) is 2.06. The lowest BCUT2D eigenvalue weighted by Crippen LogP contribution is -1.99. The normalized spacial score (nSPS) is 10.5. The van der Waals surface area contributed by atoms with Gasteiger partial charge in [0.2, 0.25) is 0 Å². The number of ether oxygens (including phenoxy) is 2. The summed E-state index contributed by atoms with van der Waals surface area (Å²) in [6.45, 7) is 2.75. The zero-order valence-corrected chi connectivity index (χ0v) is 10.2. The van der Waals surface area contributed by atoms with E-state index >= 15 is 0 Å². The number of hydrogen-bond donors (Lipinski definition) is 0. The zero-order valence-electron chi connectivity index (χ0n) is 10.2. The molecule has 0 aliphatic heterocycles. The van der Waals surface area contributed by atoms with E-state index in [0.29, 0.717) is 17.2 Å². The molecule has 0 saturated carbocycles. The summed E-state index contributed by atoms with van der Waals surface area (Å²) >= 11 is 0. The van der Waals surface area contributed by atoms with Gasteiger partial charge < -0.3 is 14.0 Å². The van der Waals surface area contributed by atoms with E-state index < -0.39 is 0 Å². The van der Waals surface area contributed by atoms with E-state index in [2.05, 4.69) is 0 Å². The predicted molar refractivity (Wildman–Crippen MR) is 66.1 cm³/mol. The number of aryl methyl sites for hydroxylation is 1. The maximum Gasteiger partial charge on any atom is 0.166 e. The van der Waals surface area contributed by atoms with Crippen LogP contribution in [0.15, 0.2) is 18.2 Å². The molecule has 0 fully saturated rings. The van der Waals surface area contributed by atoms with Gasteiger partial charge in [0.1, 0.15) is 0 Å². The van der Waals surface area contributed by atoms with Gasteiger partial charge in [0.15, 0.2) is 17.8 Å². The molecular formula is C13H15NO3. The standard InChI is InChI=1S/C13H15NO3/c1-4-14-10(8-15)5-9-6-12(16-2)13(17-3)7-11(9)14/h5-8H,4H2,1-3H3. The van der Waals surface area contributed by atoms with Crippen molar-refractivity contribution in [3.05, 3.63) is 23.9 Å². The molecule has 17 heavy (non-hydrogen) atoms. The van der Waals surface area contributed by atoms with Crippen LogP contribution in [0.25, 0.3) is 10.9 Å². The van der Waals surface area contributed by atoms with Crippen molar-refractivity contribution in [3.63, 3.8) is 0 Å². The largest absolute Gasteiger partial charge is 0.493 e. The summed E-state index contributed by atoms with van der Waals surface area (Å²) in [6.07, 6.45) is 0.864. The van der Waals surface area contributed by atoms with Gasteiger partial charge in [-0.05, 0) is 19.1 Å². The van der Waals surface area contributed by atoms with Crippen molar-refractivity contribution in [3.8, 4) is 11.5 Å². The second-order valence-electron chi connectivity index (χ2n) is 3.70. The first-order valence-electron chi connectivity index (χ1n) is 5.45. The molecule has 0 aliphatic carbocycles. The van der Waals surface area contributed by atoms with E-state index in [4.69, 9.17) is 9.47 Å².